The number of rotatable bonds is 8. The first-order valence-corrected chi connectivity index (χ1v) is 12.9. The first-order chi connectivity index (χ1) is 15.9. The fraction of sp³-hybridized carbons (Fsp3) is 0.364. The Hall–Kier alpha value is -2.53. The van der Waals surface area contributed by atoms with Crippen molar-refractivity contribution in [3.05, 3.63) is 54.1 Å². The molecule has 0 saturated carbocycles. The molecule has 0 unspecified atom stereocenters. The highest BCUT2D eigenvalue weighted by molar-refractivity contribution is 7.43. The highest BCUT2D eigenvalue weighted by Gasteiger charge is 2.12. The van der Waals surface area contributed by atoms with Crippen molar-refractivity contribution in [2.24, 2.45) is 10.2 Å². The summed E-state index contributed by atoms with van der Waals surface area (Å²) in [6.45, 7) is 7.36. The van der Waals surface area contributed by atoms with E-state index in [0.29, 0.717) is 11.0 Å². The topological polar surface area (TPSA) is 134 Å². The van der Waals surface area contributed by atoms with Gasteiger partial charge >= 0.3 is 0 Å². The Morgan fingerprint density at radius 3 is 2.32 bits per heavy atom. The van der Waals surface area contributed by atoms with Gasteiger partial charge in [-0.3, -0.25) is 4.57 Å². The number of quaternary nitrogens is 1. The third kappa shape index (κ3) is 10.2. The van der Waals surface area contributed by atoms with E-state index in [1.807, 2.05) is 36.4 Å². The molecular formula is C22H31N6O4PS. The molecule has 1 heterocycles. The summed E-state index contributed by atoms with van der Waals surface area (Å²) in [5, 5.41) is 9.27. The highest BCUT2D eigenvalue weighted by Crippen LogP contribution is 2.28. The molecule has 34 heavy (non-hydrogen) atoms. The van der Waals surface area contributed by atoms with Crippen molar-refractivity contribution in [3.8, 4) is 11.4 Å². The minimum atomic E-state index is -4.89. The van der Waals surface area contributed by atoms with Crippen molar-refractivity contribution in [2.75, 3.05) is 45.7 Å². The molecule has 2 N–H and O–H groups in total. The number of nitrogens with zero attached hydrogens (tertiary/aromatic N) is 6. The number of hydrogen-bond donors (Lipinski definition) is 2. The van der Waals surface area contributed by atoms with E-state index in [-0.39, 0.29) is 0 Å². The molecule has 0 spiro atoms. The van der Waals surface area contributed by atoms with Gasteiger partial charge < -0.3 is 24.1 Å². The van der Waals surface area contributed by atoms with Crippen molar-refractivity contribution in [3.63, 3.8) is 0 Å². The van der Waals surface area contributed by atoms with Crippen LogP contribution in [-0.4, -0.2) is 64.4 Å². The van der Waals surface area contributed by atoms with Gasteiger partial charge in [-0.1, -0.05) is 30.3 Å². The number of benzene rings is 2. The van der Waals surface area contributed by atoms with Crippen LogP contribution in [0.2, 0.25) is 0 Å². The summed E-state index contributed by atoms with van der Waals surface area (Å²) in [5.74, 6) is 0.687. The summed E-state index contributed by atoms with van der Waals surface area (Å²) in [7, 11) is 1.78. The number of azo groups is 1. The minimum Gasteiger partial charge on any atom is -0.756 e. The van der Waals surface area contributed by atoms with Crippen LogP contribution in [0, 0.1) is 6.92 Å². The van der Waals surface area contributed by atoms with E-state index < -0.39 is 7.82 Å². The molecule has 12 heteroatoms. The Balaban J connectivity index is 0.000000739. The Kier molecular flexibility index (Phi) is 9.99. The number of likely N-dealkylation sites (N-methyl/N-ethyl adjacent to an activating group) is 2. The van der Waals surface area contributed by atoms with Crippen molar-refractivity contribution in [2.45, 2.75) is 13.8 Å². The summed E-state index contributed by atoms with van der Waals surface area (Å²) in [5.41, 5.74) is 4.16. The van der Waals surface area contributed by atoms with Crippen LogP contribution in [0.15, 0.2) is 58.8 Å². The van der Waals surface area contributed by atoms with Crippen LogP contribution in [0.5, 0.6) is 0 Å². The van der Waals surface area contributed by atoms with Gasteiger partial charge in [0, 0.05) is 29.3 Å². The molecule has 1 aromatic heterocycles. The van der Waals surface area contributed by atoms with Gasteiger partial charge in [0.1, 0.15) is 0 Å². The summed E-state index contributed by atoms with van der Waals surface area (Å²) in [6.07, 6.45) is 0. The second-order valence-corrected chi connectivity index (χ2v) is 10.2. The van der Waals surface area contributed by atoms with E-state index >= 15 is 0 Å². The van der Waals surface area contributed by atoms with E-state index in [9.17, 15) is 0 Å². The van der Waals surface area contributed by atoms with Crippen molar-refractivity contribution >= 4 is 35.9 Å². The summed E-state index contributed by atoms with van der Waals surface area (Å²) in [6, 6.07) is 16.2. The maximum atomic E-state index is 8.77. The van der Waals surface area contributed by atoms with Gasteiger partial charge in [0.15, 0.2) is 5.82 Å². The van der Waals surface area contributed by atoms with Gasteiger partial charge in [-0.15, -0.1) is 10.2 Å². The molecule has 0 aliphatic carbocycles. The van der Waals surface area contributed by atoms with Crippen LogP contribution in [-0.2, 0) is 4.57 Å². The maximum Gasteiger partial charge on any atom is 0.262 e. The monoisotopic (exact) mass is 506 g/mol. The molecule has 0 amide bonds. The van der Waals surface area contributed by atoms with Crippen LogP contribution in [0.4, 0.5) is 16.5 Å². The molecule has 0 bridgehead atoms. The number of aromatic nitrogens is 2. The van der Waals surface area contributed by atoms with E-state index in [2.05, 4.69) is 71.6 Å². The van der Waals surface area contributed by atoms with Crippen LogP contribution < -0.4 is 9.79 Å². The van der Waals surface area contributed by atoms with E-state index in [4.69, 9.17) is 19.2 Å². The first kappa shape index (κ1) is 27.7. The Morgan fingerprint density at radius 2 is 1.76 bits per heavy atom. The fourth-order valence-corrected chi connectivity index (χ4v) is 3.42. The average molecular weight is 507 g/mol. The lowest BCUT2D eigenvalue weighted by atomic mass is 10.1. The molecule has 0 saturated heterocycles. The molecule has 0 aliphatic heterocycles. The second-order valence-electron chi connectivity index (χ2n) is 8.52. The molecule has 3 aromatic rings. The Labute approximate surface area is 204 Å². The predicted octanol–water partition coefficient (Wildman–Crippen LogP) is 3.90. The van der Waals surface area contributed by atoms with Gasteiger partial charge in [0.25, 0.3) is 7.82 Å². The summed E-state index contributed by atoms with van der Waals surface area (Å²) in [4.78, 5) is 29.8. The number of anilines is 1. The summed E-state index contributed by atoms with van der Waals surface area (Å²) < 4.78 is 14.1. The molecule has 10 nitrogen and oxygen atoms in total. The molecule has 2 aromatic carbocycles. The van der Waals surface area contributed by atoms with Crippen LogP contribution in [0.1, 0.15) is 12.5 Å². The largest absolute Gasteiger partial charge is 0.756 e. The van der Waals surface area contributed by atoms with E-state index in [1.54, 1.807) is 0 Å². The Bertz CT molecular complexity index is 1120. The van der Waals surface area contributed by atoms with Gasteiger partial charge in [0.2, 0.25) is 5.13 Å². The second kappa shape index (κ2) is 12.3. The quantitative estimate of drug-likeness (QED) is 0.269. The zero-order valence-corrected chi connectivity index (χ0v) is 21.7. The van der Waals surface area contributed by atoms with Gasteiger partial charge in [-0.2, -0.15) is 9.36 Å². The minimum absolute atomic E-state index is 0.561. The predicted molar refractivity (Wildman–Crippen MR) is 134 cm³/mol. The zero-order chi connectivity index (χ0) is 25.4. The number of aryl methyl sites for hydroxylation is 1. The first-order valence-electron chi connectivity index (χ1n) is 10.6. The van der Waals surface area contributed by atoms with Crippen LogP contribution in [0.25, 0.3) is 11.4 Å². The lowest BCUT2D eigenvalue weighted by Gasteiger charge is -2.29. The smallest absolute Gasteiger partial charge is 0.262 e. The Morgan fingerprint density at radius 1 is 1.12 bits per heavy atom. The van der Waals surface area contributed by atoms with E-state index in [0.717, 1.165) is 40.9 Å². The summed E-state index contributed by atoms with van der Waals surface area (Å²) >= 11 is 1.26. The van der Waals surface area contributed by atoms with Gasteiger partial charge in [-0.25, -0.2) is 0 Å². The molecule has 0 atom stereocenters. The fourth-order valence-electron chi connectivity index (χ4n) is 2.90. The van der Waals surface area contributed by atoms with Crippen molar-refractivity contribution in [1.82, 2.24) is 9.36 Å². The standard InChI is InChI=1S/C22H29N6S.H3O4P/c1-6-27(14-15-28(3,4)5)19-12-13-20(17(2)16-19)24-25-22-23-21(26-29-22)18-10-8-7-9-11-18;1-5(2,3)4/h7-13,16H,6,14-15H2,1-5H3;(H3,1,2,3,4)/q+1;/p-1. The highest BCUT2D eigenvalue weighted by atomic mass is 32.1. The third-order valence-electron chi connectivity index (χ3n) is 4.66. The number of hydrogen-bond acceptors (Lipinski definition) is 8. The van der Waals surface area contributed by atoms with Crippen molar-refractivity contribution < 1.29 is 23.7 Å². The molecule has 0 radical (unpaired) electrons. The average Bonchev–Trinajstić information content (AvgIpc) is 3.21. The third-order valence-corrected chi connectivity index (χ3v) is 5.26. The van der Waals surface area contributed by atoms with Gasteiger partial charge in [0.05, 0.1) is 39.9 Å². The zero-order valence-electron chi connectivity index (χ0n) is 20.0. The number of phosphoric acid groups is 1. The SMILES string of the molecule is CCN(CC[N+](C)(C)C)c1ccc(N=Nc2nc(-c3ccccc3)ns2)c(C)c1.O=P([O-])(O)O. The van der Waals surface area contributed by atoms with Crippen LogP contribution >= 0.6 is 19.4 Å². The van der Waals surface area contributed by atoms with Crippen LogP contribution in [0.3, 0.4) is 0 Å². The van der Waals surface area contributed by atoms with E-state index in [1.165, 1.54) is 17.2 Å². The molecule has 184 valence electrons. The molecule has 3 rings (SSSR count). The molecule has 0 aliphatic rings. The van der Waals surface area contributed by atoms with Gasteiger partial charge in [-0.05, 0) is 37.6 Å². The molecule has 0 fully saturated rings. The maximum absolute atomic E-state index is 8.77. The lowest BCUT2D eigenvalue weighted by Crippen LogP contribution is -2.42. The lowest BCUT2D eigenvalue weighted by molar-refractivity contribution is -0.868. The molecular weight excluding hydrogens is 475 g/mol. The normalized spacial score (nSPS) is 11.9. The van der Waals surface area contributed by atoms with Crippen molar-refractivity contribution in [1.29, 1.82) is 0 Å².